The summed E-state index contributed by atoms with van der Waals surface area (Å²) < 4.78 is 0. The molecule has 0 radical (unpaired) electrons. The van der Waals surface area contributed by atoms with E-state index in [1.54, 1.807) is 0 Å². The molecule has 2 aliphatic heterocycles. The Bertz CT molecular complexity index is 518. The lowest BCUT2D eigenvalue weighted by molar-refractivity contribution is 0.0780. The summed E-state index contributed by atoms with van der Waals surface area (Å²) in [5.74, 6) is 0. The van der Waals surface area contributed by atoms with Crippen molar-refractivity contribution in [3.63, 3.8) is 0 Å². The maximum Gasteiger partial charge on any atom is 0.407 e. The lowest BCUT2D eigenvalue weighted by Gasteiger charge is -2.45. The Kier molecular flexibility index (Phi) is 4.87. The summed E-state index contributed by atoms with van der Waals surface area (Å²) in [6, 6.07) is 10.9. The molecule has 3 rings (SSSR count). The Balaban J connectivity index is 1.72. The first-order valence-corrected chi connectivity index (χ1v) is 8.53. The fourth-order valence-corrected chi connectivity index (χ4v) is 3.90. The van der Waals surface area contributed by atoms with Crippen LogP contribution in [0, 0.1) is 0 Å². The van der Waals surface area contributed by atoms with E-state index in [1.807, 2.05) is 0 Å². The van der Waals surface area contributed by atoms with Crippen molar-refractivity contribution in [1.82, 2.24) is 14.7 Å². The van der Waals surface area contributed by atoms with Crippen LogP contribution in [0.3, 0.4) is 0 Å². The topological polar surface area (TPSA) is 47.0 Å². The molecular weight excluding hydrogens is 290 g/mol. The van der Waals surface area contributed by atoms with Crippen molar-refractivity contribution < 1.29 is 9.90 Å². The van der Waals surface area contributed by atoms with Crippen molar-refractivity contribution in [3.05, 3.63) is 35.9 Å². The van der Waals surface area contributed by atoms with Crippen LogP contribution in [0.25, 0.3) is 0 Å². The van der Waals surface area contributed by atoms with Crippen LogP contribution in [0.4, 0.5) is 4.79 Å². The van der Waals surface area contributed by atoms with E-state index >= 15 is 0 Å². The van der Waals surface area contributed by atoms with E-state index in [2.05, 4.69) is 47.2 Å². The van der Waals surface area contributed by atoms with Crippen molar-refractivity contribution in [2.75, 3.05) is 52.9 Å². The number of carbonyl (C=O) groups is 1. The highest BCUT2D eigenvalue weighted by molar-refractivity contribution is 5.65. The third-order valence-corrected chi connectivity index (χ3v) is 5.50. The van der Waals surface area contributed by atoms with Gasteiger partial charge in [0.25, 0.3) is 0 Å². The molecule has 5 heteroatoms. The molecule has 23 heavy (non-hydrogen) atoms. The van der Waals surface area contributed by atoms with Gasteiger partial charge in [0.15, 0.2) is 0 Å². The van der Waals surface area contributed by atoms with Crippen LogP contribution in [-0.4, -0.2) is 78.8 Å². The Morgan fingerprint density at radius 1 is 1.04 bits per heavy atom. The molecule has 126 valence electrons. The molecule has 1 amide bonds. The summed E-state index contributed by atoms with van der Waals surface area (Å²) in [5, 5.41) is 9.11. The average Bonchev–Trinajstić information content (AvgIpc) is 2.58. The molecule has 1 aromatic rings. The van der Waals surface area contributed by atoms with Gasteiger partial charge in [-0.05, 0) is 38.5 Å². The van der Waals surface area contributed by atoms with Crippen molar-refractivity contribution in [2.45, 2.75) is 18.3 Å². The molecule has 0 aliphatic carbocycles. The molecule has 0 aromatic heterocycles. The molecule has 0 unspecified atom stereocenters. The quantitative estimate of drug-likeness (QED) is 0.925. The van der Waals surface area contributed by atoms with Crippen LogP contribution in [0.15, 0.2) is 30.3 Å². The minimum Gasteiger partial charge on any atom is -0.465 e. The van der Waals surface area contributed by atoms with Crippen LogP contribution in [0.2, 0.25) is 0 Å². The lowest BCUT2D eigenvalue weighted by Crippen LogP contribution is -2.54. The van der Waals surface area contributed by atoms with Crippen molar-refractivity contribution in [2.24, 2.45) is 0 Å². The van der Waals surface area contributed by atoms with E-state index in [-0.39, 0.29) is 5.41 Å². The zero-order chi connectivity index (χ0) is 16.3. The maximum atomic E-state index is 11.1. The average molecular weight is 317 g/mol. The van der Waals surface area contributed by atoms with Crippen LogP contribution in [0.5, 0.6) is 0 Å². The van der Waals surface area contributed by atoms with Crippen LogP contribution in [0.1, 0.15) is 18.4 Å². The molecule has 0 saturated carbocycles. The molecule has 2 fully saturated rings. The first kappa shape index (κ1) is 16.3. The lowest BCUT2D eigenvalue weighted by atomic mass is 9.72. The third kappa shape index (κ3) is 3.67. The molecule has 5 nitrogen and oxygen atoms in total. The van der Waals surface area contributed by atoms with E-state index < -0.39 is 6.09 Å². The van der Waals surface area contributed by atoms with Crippen molar-refractivity contribution in [1.29, 1.82) is 0 Å². The Morgan fingerprint density at radius 3 is 2.22 bits per heavy atom. The number of rotatable bonds is 3. The number of nitrogens with zero attached hydrogens (tertiary/aromatic N) is 3. The van der Waals surface area contributed by atoms with Gasteiger partial charge in [-0.15, -0.1) is 0 Å². The molecule has 2 heterocycles. The van der Waals surface area contributed by atoms with Gasteiger partial charge >= 0.3 is 6.09 Å². The highest BCUT2D eigenvalue weighted by Crippen LogP contribution is 2.36. The number of likely N-dealkylation sites (tertiary alicyclic amines) is 1. The number of amides is 1. The van der Waals surface area contributed by atoms with E-state index in [4.69, 9.17) is 5.11 Å². The SMILES string of the molecule is CN1CCC(CN2CCN(C(=O)O)CC2)(c2ccccc2)CC1. The van der Waals surface area contributed by atoms with Gasteiger partial charge in [-0.25, -0.2) is 4.79 Å². The predicted octanol–water partition coefficient (Wildman–Crippen LogP) is 1.95. The Hall–Kier alpha value is -1.59. The minimum atomic E-state index is -0.790. The zero-order valence-electron chi connectivity index (χ0n) is 13.9. The standard InChI is InChI=1S/C18H27N3O2/c1-19-9-7-18(8-10-19,16-5-3-2-4-6-16)15-20-11-13-21(14-12-20)17(22)23/h2-6H,7-15H2,1H3,(H,22,23). The van der Waals surface area contributed by atoms with Crippen molar-refractivity contribution >= 4 is 6.09 Å². The summed E-state index contributed by atoms with van der Waals surface area (Å²) in [4.78, 5) is 17.5. The van der Waals surface area contributed by atoms with E-state index in [1.165, 1.54) is 23.3 Å². The van der Waals surface area contributed by atoms with Crippen molar-refractivity contribution in [3.8, 4) is 0 Å². The van der Waals surface area contributed by atoms with Gasteiger partial charge in [-0.2, -0.15) is 0 Å². The second kappa shape index (κ2) is 6.89. The van der Waals surface area contributed by atoms with Gasteiger partial charge in [-0.3, -0.25) is 4.90 Å². The van der Waals surface area contributed by atoms with E-state index in [9.17, 15) is 4.79 Å². The molecule has 2 saturated heterocycles. The second-order valence-corrected chi connectivity index (χ2v) is 7.00. The molecule has 1 aromatic carbocycles. The Labute approximate surface area is 138 Å². The number of benzene rings is 1. The third-order valence-electron chi connectivity index (χ3n) is 5.50. The summed E-state index contributed by atoms with van der Waals surface area (Å²) in [6.45, 7) is 6.24. The Morgan fingerprint density at radius 2 is 1.65 bits per heavy atom. The van der Waals surface area contributed by atoms with Gasteiger partial charge in [0.05, 0.1) is 0 Å². The molecular formula is C18H27N3O2. The molecule has 0 bridgehead atoms. The summed E-state index contributed by atoms with van der Waals surface area (Å²) >= 11 is 0. The van der Waals surface area contributed by atoms with Gasteiger partial charge in [0.2, 0.25) is 0 Å². The fraction of sp³-hybridized carbons (Fsp3) is 0.611. The van der Waals surface area contributed by atoms with Gasteiger partial charge < -0.3 is 14.9 Å². The molecule has 0 atom stereocenters. The number of hydrogen-bond acceptors (Lipinski definition) is 3. The number of carboxylic acid groups (broad SMARTS) is 1. The largest absolute Gasteiger partial charge is 0.465 e. The maximum absolute atomic E-state index is 11.1. The fourth-order valence-electron chi connectivity index (χ4n) is 3.90. The predicted molar refractivity (Wildman–Crippen MR) is 90.9 cm³/mol. The number of hydrogen-bond donors (Lipinski definition) is 1. The van der Waals surface area contributed by atoms with E-state index in [0.717, 1.165) is 32.7 Å². The van der Waals surface area contributed by atoms with Gasteiger partial charge in [0.1, 0.15) is 0 Å². The smallest absolute Gasteiger partial charge is 0.407 e. The summed E-state index contributed by atoms with van der Waals surface area (Å²) in [7, 11) is 2.19. The van der Waals surface area contributed by atoms with Gasteiger partial charge in [-0.1, -0.05) is 30.3 Å². The number of piperazine rings is 1. The zero-order valence-corrected chi connectivity index (χ0v) is 13.9. The minimum absolute atomic E-state index is 0.208. The van der Waals surface area contributed by atoms with E-state index in [0.29, 0.717) is 13.1 Å². The molecule has 0 spiro atoms. The second-order valence-electron chi connectivity index (χ2n) is 7.00. The highest BCUT2D eigenvalue weighted by Gasteiger charge is 2.37. The van der Waals surface area contributed by atoms with Crippen LogP contribution < -0.4 is 0 Å². The first-order chi connectivity index (χ1) is 11.1. The normalized spacial score (nSPS) is 22.9. The van der Waals surface area contributed by atoms with Crippen LogP contribution >= 0.6 is 0 Å². The summed E-state index contributed by atoms with van der Waals surface area (Å²) in [5.41, 5.74) is 1.65. The van der Waals surface area contributed by atoms with Crippen LogP contribution in [-0.2, 0) is 5.41 Å². The highest BCUT2D eigenvalue weighted by atomic mass is 16.4. The molecule has 2 aliphatic rings. The summed E-state index contributed by atoms with van der Waals surface area (Å²) in [6.07, 6.45) is 1.56. The molecule has 1 N–H and O–H groups in total. The first-order valence-electron chi connectivity index (χ1n) is 8.53. The van der Waals surface area contributed by atoms with Gasteiger partial charge in [0, 0.05) is 38.1 Å². The monoisotopic (exact) mass is 317 g/mol. The number of piperidine rings is 1.